The Labute approximate surface area is 111 Å². The molecule has 0 aliphatic heterocycles. The van der Waals surface area contributed by atoms with Crippen molar-refractivity contribution in [3.05, 3.63) is 0 Å². The quantitative estimate of drug-likeness (QED) is 0.719. The van der Waals surface area contributed by atoms with Gasteiger partial charge in [0.25, 0.3) is 0 Å². The van der Waals surface area contributed by atoms with E-state index < -0.39 is 0 Å². The fourth-order valence-electron chi connectivity index (χ4n) is 1.99. The Morgan fingerprint density at radius 1 is 1.06 bits per heavy atom. The third-order valence-electron chi connectivity index (χ3n) is 2.82. The first-order valence-electron chi connectivity index (χ1n) is 5.60. The molecule has 1 aliphatic carbocycles. The molecule has 0 aromatic carbocycles. The van der Waals surface area contributed by atoms with Gasteiger partial charge in [0.15, 0.2) is 10.3 Å². The summed E-state index contributed by atoms with van der Waals surface area (Å²) < 4.78 is 0. The van der Waals surface area contributed by atoms with Crippen molar-refractivity contribution in [3.8, 4) is 0 Å². The molecule has 5 nitrogen and oxygen atoms in total. The lowest BCUT2D eigenvalue weighted by molar-refractivity contribution is -0.120. The van der Waals surface area contributed by atoms with Gasteiger partial charge in [-0.2, -0.15) is 15.0 Å². The second-order valence-corrected chi connectivity index (χ2v) is 4.88. The lowest BCUT2D eigenvalue weighted by Gasteiger charge is -2.20. The predicted molar refractivity (Wildman–Crippen MR) is 69.5 cm³/mol. The maximum absolute atomic E-state index is 11.9. The van der Waals surface area contributed by atoms with Gasteiger partial charge in [-0.15, -0.1) is 25.3 Å². The summed E-state index contributed by atoms with van der Waals surface area (Å²) in [6.07, 6.45) is 5.34. The van der Waals surface area contributed by atoms with Crippen molar-refractivity contribution in [1.29, 1.82) is 0 Å². The summed E-state index contributed by atoms with van der Waals surface area (Å²) >= 11 is 8.02. The number of anilines is 1. The van der Waals surface area contributed by atoms with Crippen LogP contribution in [0, 0.1) is 5.92 Å². The molecule has 1 aromatic heterocycles. The van der Waals surface area contributed by atoms with Crippen LogP contribution in [-0.4, -0.2) is 20.9 Å². The Morgan fingerprint density at radius 3 is 2.24 bits per heavy atom. The first-order valence-corrected chi connectivity index (χ1v) is 6.49. The van der Waals surface area contributed by atoms with Crippen molar-refractivity contribution in [2.24, 2.45) is 5.92 Å². The molecule has 2 rings (SSSR count). The number of aromatic nitrogens is 3. The number of rotatable bonds is 2. The molecule has 0 saturated heterocycles. The van der Waals surface area contributed by atoms with E-state index in [-0.39, 0.29) is 28.1 Å². The molecule has 1 fully saturated rings. The number of hydrogen-bond donors (Lipinski definition) is 3. The van der Waals surface area contributed by atoms with Gasteiger partial charge >= 0.3 is 0 Å². The van der Waals surface area contributed by atoms with E-state index in [0.717, 1.165) is 25.7 Å². The van der Waals surface area contributed by atoms with E-state index in [9.17, 15) is 4.79 Å². The fraction of sp³-hybridized carbons (Fsp3) is 0.600. The minimum Gasteiger partial charge on any atom is -0.294 e. The van der Waals surface area contributed by atoms with Crippen molar-refractivity contribution in [2.45, 2.75) is 42.4 Å². The van der Waals surface area contributed by atoms with Crippen LogP contribution >= 0.6 is 25.3 Å². The van der Waals surface area contributed by atoms with E-state index in [1.165, 1.54) is 6.42 Å². The van der Waals surface area contributed by atoms with E-state index in [1.807, 2.05) is 0 Å². The summed E-state index contributed by atoms with van der Waals surface area (Å²) in [5.41, 5.74) is 0. The van der Waals surface area contributed by atoms with Gasteiger partial charge in [0.1, 0.15) is 0 Å². The molecule has 17 heavy (non-hydrogen) atoms. The summed E-state index contributed by atoms with van der Waals surface area (Å²) in [6.45, 7) is 0. The normalized spacial score (nSPS) is 16.8. The zero-order chi connectivity index (χ0) is 12.3. The average molecular weight is 270 g/mol. The van der Waals surface area contributed by atoms with Crippen molar-refractivity contribution >= 4 is 37.1 Å². The zero-order valence-corrected chi connectivity index (χ0v) is 11.0. The Kier molecular flexibility index (Phi) is 4.22. The number of nitrogens with one attached hydrogen (secondary N) is 1. The average Bonchev–Trinajstić information content (AvgIpc) is 2.28. The molecule has 1 aromatic rings. The van der Waals surface area contributed by atoms with E-state index in [1.54, 1.807) is 0 Å². The summed E-state index contributed by atoms with van der Waals surface area (Å²) in [7, 11) is 0. The largest absolute Gasteiger partial charge is 0.294 e. The van der Waals surface area contributed by atoms with Gasteiger partial charge in [-0.25, -0.2) is 0 Å². The number of amides is 1. The highest BCUT2D eigenvalue weighted by atomic mass is 32.1. The smallest absolute Gasteiger partial charge is 0.234 e. The Hall–Kier alpha value is -0.820. The molecule has 0 bridgehead atoms. The number of carbonyl (C=O) groups excluding carboxylic acids is 1. The Morgan fingerprint density at radius 2 is 1.65 bits per heavy atom. The van der Waals surface area contributed by atoms with Crippen LogP contribution in [0.3, 0.4) is 0 Å². The van der Waals surface area contributed by atoms with Gasteiger partial charge in [0.2, 0.25) is 11.9 Å². The summed E-state index contributed by atoms with van der Waals surface area (Å²) in [5, 5.41) is 3.20. The fourth-order valence-corrected chi connectivity index (χ4v) is 2.44. The van der Waals surface area contributed by atoms with Crippen LogP contribution in [0.1, 0.15) is 32.1 Å². The minimum atomic E-state index is -0.0173. The highest BCUT2D eigenvalue weighted by Crippen LogP contribution is 2.24. The van der Waals surface area contributed by atoms with Crippen molar-refractivity contribution in [3.63, 3.8) is 0 Å². The van der Waals surface area contributed by atoms with E-state index >= 15 is 0 Å². The molecule has 0 unspecified atom stereocenters. The van der Waals surface area contributed by atoms with Gasteiger partial charge in [-0.1, -0.05) is 19.3 Å². The van der Waals surface area contributed by atoms with Crippen molar-refractivity contribution in [1.82, 2.24) is 15.0 Å². The lowest BCUT2D eigenvalue weighted by atomic mass is 9.89. The van der Waals surface area contributed by atoms with Crippen molar-refractivity contribution < 1.29 is 4.79 Å². The lowest BCUT2D eigenvalue weighted by Crippen LogP contribution is -2.25. The van der Waals surface area contributed by atoms with Crippen LogP contribution in [0.5, 0.6) is 0 Å². The highest BCUT2D eigenvalue weighted by molar-refractivity contribution is 7.80. The third-order valence-corrected chi connectivity index (χ3v) is 3.22. The van der Waals surface area contributed by atoms with Gasteiger partial charge in [0.05, 0.1) is 0 Å². The van der Waals surface area contributed by atoms with Crippen LogP contribution in [0.15, 0.2) is 10.3 Å². The molecule has 1 N–H and O–H groups in total. The topological polar surface area (TPSA) is 67.8 Å². The van der Waals surface area contributed by atoms with E-state index in [0.29, 0.717) is 0 Å². The summed E-state index contributed by atoms with van der Waals surface area (Å²) in [4.78, 5) is 23.6. The van der Waals surface area contributed by atoms with E-state index in [2.05, 4.69) is 45.5 Å². The molecule has 0 spiro atoms. The SMILES string of the molecule is O=C(Nc1nc(S)nc(S)n1)C1CCCCC1. The molecule has 1 aliphatic rings. The van der Waals surface area contributed by atoms with Gasteiger partial charge < -0.3 is 0 Å². The number of nitrogens with zero attached hydrogens (tertiary/aromatic N) is 3. The Balaban J connectivity index is 2.01. The van der Waals surface area contributed by atoms with Crippen LogP contribution < -0.4 is 5.32 Å². The van der Waals surface area contributed by atoms with E-state index in [4.69, 9.17) is 0 Å². The molecule has 0 radical (unpaired) electrons. The maximum atomic E-state index is 11.9. The monoisotopic (exact) mass is 270 g/mol. The molecule has 92 valence electrons. The van der Waals surface area contributed by atoms with Crippen LogP contribution in [0.2, 0.25) is 0 Å². The predicted octanol–water partition coefficient (Wildman–Crippen LogP) is 1.97. The molecular weight excluding hydrogens is 256 g/mol. The van der Waals surface area contributed by atoms with Crippen LogP contribution in [0.4, 0.5) is 5.95 Å². The van der Waals surface area contributed by atoms with Crippen LogP contribution in [-0.2, 0) is 4.79 Å². The second-order valence-electron chi connectivity index (χ2n) is 4.08. The molecule has 0 atom stereocenters. The number of thiol groups is 2. The third kappa shape index (κ3) is 3.57. The second kappa shape index (κ2) is 5.68. The molecule has 7 heteroatoms. The standard InChI is InChI=1S/C10H14N4OS2/c15-7(6-4-2-1-3-5-6)11-8-12-9(16)14-10(17)13-8/h6H,1-5H2,(H3,11,12,13,14,15,16,17). The van der Waals surface area contributed by atoms with Gasteiger partial charge in [0, 0.05) is 5.92 Å². The summed E-state index contributed by atoms with van der Waals surface area (Å²) in [5.74, 6) is 0.286. The van der Waals surface area contributed by atoms with Gasteiger partial charge in [-0.3, -0.25) is 10.1 Å². The molecular formula is C10H14N4OS2. The first-order chi connectivity index (χ1) is 8.15. The molecule has 1 saturated carbocycles. The number of hydrogen-bond acceptors (Lipinski definition) is 6. The van der Waals surface area contributed by atoms with Crippen molar-refractivity contribution in [2.75, 3.05) is 5.32 Å². The van der Waals surface area contributed by atoms with Gasteiger partial charge in [-0.05, 0) is 12.8 Å². The summed E-state index contributed by atoms with van der Waals surface area (Å²) in [6, 6.07) is 0. The molecule has 1 heterocycles. The first kappa shape index (κ1) is 12.6. The number of carbonyl (C=O) groups is 1. The highest BCUT2D eigenvalue weighted by Gasteiger charge is 2.21. The maximum Gasteiger partial charge on any atom is 0.234 e. The Bertz CT molecular complexity index is 401. The minimum absolute atomic E-state index is 0.0173. The zero-order valence-electron chi connectivity index (χ0n) is 9.26. The molecule has 1 amide bonds. The van der Waals surface area contributed by atoms with Crippen LogP contribution in [0.25, 0.3) is 0 Å².